The second kappa shape index (κ2) is 5.47. The van der Waals surface area contributed by atoms with E-state index in [1.165, 1.54) is 0 Å². The summed E-state index contributed by atoms with van der Waals surface area (Å²) >= 11 is 0. The molecule has 0 aromatic carbocycles. The molecule has 0 spiro atoms. The molecular weight excluding hydrogens is 218 g/mol. The molecule has 6 heteroatoms. The van der Waals surface area contributed by atoms with E-state index in [1.807, 2.05) is 20.8 Å². The highest BCUT2D eigenvalue weighted by molar-refractivity contribution is 5.81. The molecule has 0 bridgehead atoms. The van der Waals surface area contributed by atoms with Crippen molar-refractivity contribution < 1.29 is 4.79 Å². The summed E-state index contributed by atoms with van der Waals surface area (Å²) in [7, 11) is 1.76. The first-order valence-electron chi connectivity index (χ1n) is 5.45. The van der Waals surface area contributed by atoms with Crippen molar-refractivity contribution in [2.45, 2.75) is 26.3 Å². The molecule has 0 unspecified atom stereocenters. The van der Waals surface area contributed by atoms with E-state index in [9.17, 15) is 4.79 Å². The molecule has 94 valence electrons. The van der Waals surface area contributed by atoms with Gasteiger partial charge >= 0.3 is 0 Å². The lowest BCUT2D eigenvalue weighted by Gasteiger charge is -2.20. The second-order valence-corrected chi connectivity index (χ2v) is 4.69. The van der Waals surface area contributed by atoms with Crippen LogP contribution in [0, 0.1) is 0 Å². The minimum absolute atomic E-state index is 0.0749. The number of amides is 1. The lowest BCUT2D eigenvalue weighted by Crippen LogP contribution is -2.43. The van der Waals surface area contributed by atoms with E-state index in [1.54, 1.807) is 19.4 Å². The van der Waals surface area contributed by atoms with Gasteiger partial charge in [0.15, 0.2) is 0 Å². The summed E-state index contributed by atoms with van der Waals surface area (Å²) in [5.74, 6) is 1.15. The number of nitrogens with one attached hydrogen (secondary N) is 3. The lowest BCUT2D eigenvalue weighted by molar-refractivity contribution is -0.120. The molecule has 0 aliphatic carbocycles. The van der Waals surface area contributed by atoms with Gasteiger partial charge in [-0.2, -0.15) is 0 Å². The topological polar surface area (TPSA) is 78.9 Å². The first kappa shape index (κ1) is 13.2. The Labute approximate surface area is 101 Å². The van der Waals surface area contributed by atoms with Gasteiger partial charge < -0.3 is 16.0 Å². The predicted molar refractivity (Wildman–Crippen MR) is 68.0 cm³/mol. The highest BCUT2D eigenvalue weighted by atomic mass is 16.2. The van der Waals surface area contributed by atoms with Crippen LogP contribution in [-0.4, -0.2) is 35.0 Å². The van der Waals surface area contributed by atoms with Crippen molar-refractivity contribution in [2.75, 3.05) is 24.2 Å². The Hall–Kier alpha value is -1.85. The zero-order valence-corrected chi connectivity index (χ0v) is 10.7. The number of nitrogens with zero attached hydrogens (tertiary/aromatic N) is 2. The minimum Gasteiger partial charge on any atom is -0.372 e. The van der Waals surface area contributed by atoms with Crippen molar-refractivity contribution in [3.8, 4) is 0 Å². The van der Waals surface area contributed by atoms with E-state index < -0.39 is 0 Å². The molecule has 1 rings (SSSR count). The van der Waals surface area contributed by atoms with Crippen LogP contribution in [0.25, 0.3) is 0 Å². The average Bonchev–Trinajstić information content (AvgIpc) is 2.24. The summed E-state index contributed by atoms with van der Waals surface area (Å²) in [5.41, 5.74) is -0.225. The molecule has 1 heterocycles. The molecular formula is C11H19N5O. The molecule has 0 aliphatic heterocycles. The van der Waals surface area contributed by atoms with Crippen LogP contribution in [0.4, 0.5) is 11.6 Å². The third-order valence-electron chi connectivity index (χ3n) is 1.84. The first-order valence-corrected chi connectivity index (χ1v) is 5.45. The fourth-order valence-electron chi connectivity index (χ4n) is 1.20. The van der Waals surface area contributed by atoms with Gasteiger partial charge in [0.2, 0.25) is 5.91 Å². The normalized spacial score (nSPS) is 10.8. The number of hydrogen-bond acceptors (Lipinski definition) is 5. The average molecular weight is 237 g/mol. The molecule has 0 saturated carbocycles. The van der Waals surface area contributed by atoms with Crippen molar-refractivity contribution in [2.24, 2.45) is 0 Å². The zero-order chi connectivity index (χ0) is 12.9. The van der Waals surface area contributed by atoms with Crippen LogP contribution in [0.1, 0.15) is 20.8 Å². The standard InChI is InChI=1S/C11H19N5O/c1-11(2,3)16-10(17)7-14-9-6-13-5-8(12-4)15-9/h5-6H,7H2,1-4H3,(H,16,17)(H2,12,14,15). The molecule has 1 aromatic rings. The van der Waals surface area contributed by atoms with Crippen molar-refractivity contribution in [3.63, 3.8) is 0 Å². The van der Waals surface area contributed by atoms with Gasteiger partial charge in [-0.05, 0) is 20.8 Å². The molecule has 1 amide bonds. The van der Waals surface area contributed by atoms with E-state index in [2.05, 4.69) is 25.9 Å². The predicted octanol–water partition coefficient (Wildman–Crippen LogP) is 0.845. The highest BCUT2D eigenvalue weighted by Crippen LogP contribution is 2.05. The third kappa shape index (κ3) is 5.14. The summed E-state index contributed by atoms with van der Waals surface area (Å²) < 4.78 is 0. The maximum Gasteiger partial charge on any atom is 0.239 e. The Morgan fingerprint density at radius 2 is 1.94 bits per heavy atom. The largest absolute Gasteiger partial charge is 0.372 e. The fourth-order valence-corrected chi connectivity index (χ4v) is 1.20. The van der Waals surface area contributed by atoms with Gasteiger partial charge in [-0.1, -0.05) is 0 Å². The molecule has 0 radical (unpaired) electrons. The molecule has 0 atom stereocenters. The highest BCUT2D eigenvalue weighted by Gasteiger charge is 2.13. The molecule has 0 aliphatic rings. The third-order valence-corrected chi connectivity index (χ3v) is 1.84. The summed E-state index contributed by atoms with van der Waals surface area (Å²) in [5, 5.41) is 8.65. The lowest BCUT2D eigenvalue weighted by atomic mass is 10.1. The Balaban J connectivity index is 2.47. The van der Waals surface area contributed by atoms with Crippen LogP contribution < -0.4 is 16.0 Å². The number of carbonyl (C=O) groups excluding carboxylic acids is 1. The number of anilines is 2. The van der Waals surface area contributed by atoms with Crippen LogP contribution in [0.3, 0.4) is 0 Å². The number of hydrogen-bond donors (Lipinski definition) is 3. The van der Waals surface area contributed by atoms with E-state index in [4.69, 9.17) is 0 Å². The van der Waals surface area contributed by atoms with Gasteiger partial charge in [-0.25, -0.2) is 4.98 Å². The van der Waals surface area contributed by atoms with Gasteiger partial charge in [-0.3, -0.25) is 9.78 Å². The Morgan fingerprint density at radius 1 is 1.29 bits per heavy atom. The van der Waals surface area contributed by atoms with Gasteiger partial charge in [-0.15, -0.1) is 0 Å². The van der Waals surface area contributed by atoms with Crippen LogP contribution in [0.5, 0.6) is 0 Å². The number of aromatic nitrogens is 2. The minimum atomic E-state index is -0.225. The summed E-state index contributed by atoms with van der Waals surface area (Å²) in [6.45, 7) is 5.99. The van der Waals surface area contributed by atoms with E-state index in [0.717, 1.165) is 0 Å². The van der Waals surface area contributed by atoms with Crippen molar-refractivity contribution in [1.29, 1.82) is 0 Å². The maximum absolute atomic E-state index is 11.5. The smallest absolute Gasteiger partial charge is 0.239 e. The van der Waals surface area contributed by atoms with Crippen molar-refractivity contribution in [3.05, 3.63) is 12.4 Å². The Bertz CT molecular complexity index is 386. The quantitative estimate of drug-likeness (QED) is 0.723. The van der Waals surface area contributed by atoms with Gasteiger partial charge in [0.25, 0.3) is 0 Å². The van der Waals surface area contributed by atoms with Crippen molar-refractivity contribution >= 4 is 17.5 Å². The van der Waals surface area contributed by atoms with E-state index >= 15 is 0 Å². The fraction of sp³-hybridized carbons (Fsp3) is 0.545. The van der Waals surface area contributed by atoms with Crippen LogP contribution in [-0.2, 0) is 4.79 Å². The van der Waals surface area contributed by atoms with E-state index in [-0.39, 0.29) is 18.0 Å². The van der Waals surface area contributed by atoms with Gasteiger partial charge in [0.05, 0.1) is 18.9 Å². The zero-order valence-electron chi connectivity index (χ0n) is 10.7. The molecule has 0 fully saturated rings. The second-order valence-electron chi connectivity index (χ2n) is 4.69. The maximum atomic E-state index is 11.5. The Morgan fingerprint density at radius 3 is 2.53 bits per heavy atom. The summed E-state index contributed by atoms with van der Waals surface area (Å²) in [6.07, 6.45) is 3.19. The van der Waals surface area contributed by atoms with Crippen LogP contribution in [0.2, 0.25) is 0 Å². The first-order chi connectivity index (χ1) is 7.90. The molecule has 0 saturated heterocycles. The van der Waals surface area contributed by atoms with Crippen molar-refractivity contribution in [1.82, 2.24) is 15.3 Å². The van der Waals surface area contributed by atoms with Gasteiger partial charge in [0, 0.05) is 12.6 Å². The monoisotopic (exact) mass is 237 g/mol. The molecule has 6 nitrogen and oxygen atoms in total. The van der Waals surface area contributed by atoms with E-state index in [0.29, 0.717) is 11.6 Å². The summed E-state index contributed by atoms with van der Waals surface area (Å²) in [6, 6.07) is 0. The number of carbonyl (C=O) groups is 1. The van der Waals surface area contributed by atoms with Crippen LogP contribution >= 0.6 is 0 Å². The molecule has 1 aromatic heterocycles. The molecule has 3 N–H and O–H groups in total. The van der Waals surface area contributed by atoms with Gasteiger partial charge in [0.1, 0.15) is 11.6 Å². The summed E-state index contributed by atoms with van der Waals surface area (Å²) in [4.78, 5) is 19.7. The number of rotatable bonds is 4. The SMILES string of the molecule is CNc1cncc(NCC(=O)NC(C)(C)C)n1. The van der Waals surface area contributed by atoms with Crippen LogP contribution in [0.15, 0.2) is 12.4 Å². The molecule has 17 heavy (non-hydrogen) atoms. The Kier molecular flexibility index (Phi) is 4.25.